The Bertz CT molecular complexity index is 1290. The molecule has 2 aromatic rings. The first-order valence-corrected chi connectivity index (χ1v) is 14.1. The van der Waals surface area contributed by atoms with E-state index in [1.54, 1.807) is 0 Å². The molecule has 2 saturated heterocycles. The molecular weight excluding hydrogens is 492 g/mol. The summed E-state index contributed by atoms with van der Waals surface area (Å²) in [4.78, 5) is 30.8. The molecule has 1 aromatic carbocycles. The zero-order valence-corrected chi connectivity index (χ0v) is 22.8. The summed E-state index contributed by atoms with van der Waals surface area (Å²) >= 11 is 0. The van der Waals surface area contributed by atoms with E-state index in [0.29, 0.717) is 57.0 Å². The molecule has 1 atom stereocenters. The van der Waals surface area contributed by atoms with E-state index in [9.17, 15) is 9.90 Å². The molecule has 0 radical (unpaired) electrons. The second kappa shape index (κ2) is 10.9. The van der Waals surface area contributed by atoms with E-state index in [1.807, 2.05) is 17.0 Å². The van der Waals surface area contributed by atoms with Crippen LogP contribution in [0.4, 0.5) is 11.5 Å². The highest BCUT2D eigenvalue weighted by molar-refractivity contribution is 5.87. The number of phenolic OH excluding ortho intramolecular Hbond substituents is 1. The van der Waals surface area contributed by atoms with Crippen LogP contribution in [0.5, 0.6) is 11.8 Å². The van der Waals surface area contributed by atoms with Gasteiger partial charge >= 0.3 is 6.01 Å². The van der Waals surface area contributed by atoms with Crippen molar-refractivity contribution in [3.05, 3.63) is 53.2 Å². The van der Waals surface area contributed by atoms with Crippen molar-refractivity contribution < 1.29 is 14.6 Å². The summed E-state index contributed by atoms with van der Waals surface area (Å²) in [6, 6.07) is 4.19. The number of piperazine rings is 1. The standard InChI is InChI=1S/C30H38N6O3/c1-3-28(38)34-12-14-35(15-13-34)29-25-9-11-36(27-17-23(37)16-22-6-4-5-7-24(22)27)19-26(25)31-30(32-29)39-20-21-8-10-33(2)18-21/h3-4,6,16-17,21,37H,1,5,7-15,18-20H2,2H3/t21-/m1/s1. The molecule has 0 spiro atoms. The molecule has 4 heterocycles. The summed E-state index contributed by atoms with van der Waals surface area (Å²) in [5.74, 6) is 1.69. The number of carbonyl (C=O) groups is 1. The Morgan fingerprint density at radius 1 is 1.10 bits per heavy atom. The zero-order valence-electron chi connectivity index (χ0n) is 22.8. The number of aromatic nitrogens is 2. The topological polar surface area (TPSA) is 85.3 Å². The lowest BCUT2D eigenvalue weighted by Crippen LogP contribution is -2.49. The molecule has 4 aliphatic rings. The molecule has 1 amide bonds. The number of hydrogen-bond donors (Lipinski definition) is 1. The summed E-state index contributed by atoms with van der Waals surface area (Å²) < 4.78 is 6.24. The fourth-order valence-corrected chi connectivity index (χ4v) is 6.35. The molecule has 39 heavy (non-hydrogen) atoms. The lowest BCUT2D eigenvalue weighted by Gasteiger charge is -2.38. The van der Waals surface area contributed by atoms with E-state index in [4.69, 9.17) is 14.7 Å². The van der Waals surface area contributed by atoms with Crippen molar-refractivity contribution in [1.29, 1.82) is 0 Å². The van der Waals surface area contributed by atoms with Gasteiger partial charge < -0.3 is 29.4 Å². The van der Waals surface area contributed by atoms with Crippen LogP contribution in [0.15, 0.2) is 30.9 Å². The largest absolute Gasteiger partial charge is 0.508 e. The van der Waals surface area contributed by atoms with Gasteiger partial charge in [-0.25, -0.2) is 0 Å². The molecule has 1 aromatic heterocycles. The molecular formula is C30H38N6O3. The van der Waals surface area contributed by atoms with Crippen molar-refractivity contribution in [2.24, 2.45) is 5.92 Å². The van der Waals surface area contributed by atoms with Crippen molar-refractivity contribution in [2.45, 2.75) is 32.2 Å². The van der Waals surface area contributed by atoms with Gasteiger partial charge in [-0.05, 0) is 62.5 Å². The number of benzene rings is 1. The number of phenols is 1. The number of likely N-dealkylation sites (tertiary alicyclic amines) is 1. The average Bonchev–Trinajstić information content (AvgIpc) is 3.39. The van der Waals surface area contributed by atoms with Crippen LogP contribution in [0.25, 0.3) is 6.08 Å². The highest BCUT2D eigenvalue weighted by atomic mass is 16.5. The Morgan fingerprint density at radius 2 is 1.95 bits per heavy atom. The third-order valence-electron chi connectivity index (χ3n) is 8.47. The molecule has 0 saturated carbocycles. The number of fused-ring (bicyclic) bond motifs is 2. The van der Waals surface area contributed by atoms with E-state index >= 15 is 0 Å². The maximum Gasteiger partial charge on any atom is 0.318 e. The second-order valence-corrected chi connectivity index (χ2v) is 11.1. The van der Waals surface area contributed by atoms with Crippen molar-refractivity contribution >= 4 is 23.5 Å². The molecule has 206 valence electrons. The number of amides is 1. The van der Waals surface area contributed by atoms with Crippen LogP contribution in [0.3, 0.4) is 0 Å². The van der Waals surface area contributed by atoms with Gasteiger partial charge in [0.1, 0.15) is 11.6 Å². The predicted molar refractivity (Wildman–Crippen MR) is 152 cm³/mol. The third-order valence-corrected chi connectivity index (χ3v) is 8.47. The lowest BCUT2D eigenvalue weighted by atomic mass is 9.93. The zero-order chi connectivity index (χ0) is 26.9. The Labute approximate surface area is 230 Å². The quantitative estimate of drug-likeness (QED) is 0.571. The van der Waals surface area contributed by atoms with Crippen LogP contribution in [-0.2, 0) is 24.2 Å². The first-order valence-electron chi connectivity index (χ1n) is 14.1. The van der Waals surface area contributed by atoms with Gasteiger partial charge in [0.05, 0.1) is 18.8 Å². The Balaban J connectivity index is 1.29. The van der Waals surface area contributed by atoms with Crippen molar-refractivity contribution in [3.8, 4) is 11.8 Å². The van der Waals surface area contributed by atoms with Crippen LogP contribution in [-0.4, -0.2) is 90.2 Å². The second-order valence-electron chi connectivity index (χ2n) is 11.1. The Kier molecular flexibility index (Phi) is 7.16. The lowest BCUT2D eigenvalue weighted by molar-refractivity contribution is -0.126. The van der Waals surface area contributed by atoms with E-state index < -0.39 is 0 Å². The van der Waals surface area contributed by atoms with Gasteiger partial charge in [-0.1, -0.05) is 18.7 Å². The number of aromatic hydroxyl groups is 1. The Hall–Kier alpha value is -3.59. The minimum absolute atomic E-state index is 0.0233. The molecule has 2 fully saturated rings. The van der Waals surface area contributed by atoms with Crippen LogP contribution in [0.1, 0.15) is 35.2 Å². The van der Waals surface area contributed by atoms with E-state index in [2.05, 4.69) is 40.5 Å². The van der Waals surface area contributed by atoms with Gasteiger partial charge in [0.15, 0.2) is 0 Å². The molecule has 9 heteroatoms. The van der Waals surface area contributed by atoms with Crippen molar-refractivity contribution in [3.63, 3.8) is 0 Å². The smallest absolute Gasteiger partial charge is 0.318 e. The summed E-state index contributed by atoms with van der Waals surface area (Å²) in [5, 5.41) is 10.5. The number of nitrogens with zero attached hydrogens (tertiary/aromatic N) is 6. The normalized spacial score (nSPS) is 21.1. The van der Waals surface area contributed by atoms with E-state index in [0.717, 1.165) is 73.6 Å². The highest BCUT2D eigenvalue weighted by Gasteiger charge is 2.30. The first-order chi connectivity index (χ1) is 19.0. The third kappa shape index (κ3) is 5.32. The van der Waals surface area contributed by atoms with Crippen molar-refractivity contribution in [2.75, 3.05) is 69.3 Å². The maximum absolute atomic E-state index is 12.1. The van der Waals surface area contributed by atoms with Gasteiger partial charge in [-0.2, -0.15) is 9.97 Å². The number of carbonyl (C=O) groups excluding carboxylic acids is 1. The molecule has 3 aliphatic heterocycles. The Morgan fingerprint density at radius 3 is 2.72 bits per heavy atom. The van der Waals surface area contributed by atoms with Crippen molar-refractivity contribution in [1.82, 2.24) is 19.8 Å². The molecule has 9 nitrogen and oxygen atoms in total. The monoisotopic (exact) mass is 530 g/mol. The van der Waals surface area contributed by atoms with Gasteiger partial charge in [-0.3, -0.25) is 4.79 Å². The van der Waals surface area contributed by atoms with E-state index in [-0.39, 0.29) is 5.91 Å². The first kappa shape index (κ1) is 25.7. The molecule has 6 rings (SSSR count). The molecule has 1 N–H and O–H groups in total. The summed E-state index contributed by atoms with van der Waals surface area (Å²) in [7, 11) is 2.15. The van der Waals surface area contributed by atoms with Gasteiger partial charge in [0.2, 0.25) is 5.91 Å². The number of allylic oxidation sites excluding steroid dienone is 1. The SMILES string of the molecule is C=CC(=O)N1CCN(c2nc(OC[C@@H]3CCN(C)C3)nc3c2CCN(c2cc(O)cc4c2CCC=C4)C3)CC1. The number of hydrogen-bond acceptors (Lipinski definition) is 8. The predicted octanol–water partition coefficient (Wildman–Crippen LogP) is 2.87. The van der Waals surface area contributed by atoms with Crippen LogP contribution >= 0.6 is 0 Å². The highest BCUT2D eigenvalue weighted by Crippen LogP contribution is 2.37. The van der Waals surface area contributed by atoms with Crippen LogP contribution in [0.2, 0.25) is 0 Å². The van der Waals surface area contributed by atoms with Crippen LogP contribution < -0.4 is 14.5 Å². The number of rotatable bonds is 6. The molecule has 0 unspecified atom stereocenters. The van der Waals surface area contributed by atoms with Crippen LogP contribution in [0, 0.1) is 5.92 Å². The summed E-state index contributed by atoms with van der Waals surface area (Å²) in [6.07, 6.45) is 9.59. The number of anilines is 2. The minimum Gasteiger partial charge on any atom is -0.508 e. The fraction of sp³-hybridized carbons (Fsp3) is 0.500. The average molecular weight is 531 g/mol. The van der Waals surface area contributed by atoms with Gasteiger partial charge in [-0.15, -0.1) is 0 Å². The fourth-order valence-electron chi connectivity index (χ4n) is 6.35. The number of ether oxygens (including phenoxy) is 1. The molecule has 0 bridgehead atoms. The van der Waals surface area contributed by atoms with E-state index in [1.165, 1.54) is 11.6 Å². The minimum atomic E-state index is -0.0233. The van der Waals surface area contributed by atoms with Gasteiger partial charge in [0, 0.05) is 62.5 Å². The summed E-state index contributed by atoms with van der Waals surface area (Å²) in [6.45, 7) is 10.5. The summed E-state index contributed by atoms with van der Waals surface area (Å²) in [5.41, 5.74) is 5.63. The maximum atomic E-state index is 12.1. The van der Waals surface area contributed by atoms with Gasteiger partial charge in [0.25, 0.3) is 0 Å². The molecule has 1 aliphatic carbocycles.